The van der Waals surface area contributed by atoms with Crippen LogP contribution in [0.1, 0.15) is 24.2 Å². The third-order valence-corrected chi connectivity index (χ3v) is 6.92. The van der Waals surface area contributed by atoms with Crippen molar-refractivity contribution in [2.24, 2.45) is 13.0 Å². The maximum atomic E-state index is 13.9. The molecule has 0 spiro atoms. The van der Waals surface area contributed by atoms with Crippen LogP contribution in [0.3, 0.4) is 0 Å². The smallest absolute Gasteiger partial charge is 0.275 e. The van der Waals surface area contributed by atoms with E-state index in [1.807, 2.05) is 52.9 Å². The Morgan fingerprint density at radius 1 is 1.00 bits per heavy atom. The van der Waals surface area contributed by atoms with E-state index in [0.717, 1.165) is 40.8 Å². The highest BCUT2D eigenvalue weighted by Gasteiger charge is 2.27. The maximum Gasteiger partial charge on any atom is 0.275 e. The predicted molar refractivity (Wildman–Crippen MR) is 141 cm³/mol. The van der Waals surface area contributed by atoms with E-state index in [0.29, 0.717) is 30.7 Å². The van der Waals surface area contributed by atoms with Crippen LogP contribution in [-0.4, -0.2) is 53.2 Å². The van der Waals surface area contributed by atoms with Crippen LogP contribution in [0, 0.1) is 5.92 Å². The van der Waals surface area contributed by atoms with Gasteiger partial charge in [-0.05, 0) is 36.2 Å². The van der Waals surface area contributed by atoms with Crippen molar-refractivity contribution < 1.29 is 9.53 Å². The number of anilines is 1. The Hall–Kier alpha value is -3.74. The number of hydrogen-bond acceptors (Lipinski definition) is 4. The lowest BCUT2D eigenvalue weighted by atomic mass is 10.1. The number of amides is 1. The van der Waals surface area contributed by atoms with Gasteiger partial charge in [0.15, 0.2) is 0 Å². The number of methoxy groups -OCH3 is 1. The molecule has 0 N–H and O–H groups in total. The lowest BCUT2D eigenvalue weighted by Crippen LogP contribution is -2.49. The number of rotatable bonds is 5. The Morgan fingerprint density at radius 3 is 2.34 bits per heavy atom. The van der Waals surface area contributed by atoms with Gasteiger partial charge in [0.05, 0.1) is 12.7 Å². The van der Waals surface area contributed by atoms with Crippen LogP contribution >= 0.6 is 0 Å². The zero-order chi connectivity index (χ0) is 24.7. The van der Waals surface area contributed by atoms with Gasteiger partial charge in [-0.2, -0.15) is 0 Å². The third-order valence-electron chi connectivity index (χ3n) is 6.92. The minimum Gasteiger partial charge on any atom is -0.497 e. The number of benzene rings is 2. The molecule has 0 unspecified atom stereocenters. The van der Waals surface area contributed by atoms with Gasteiger partial charge in [-0.3, -0.25) is 9.59 Å². The lowest BCUT2D eigenvalue weighted by Gasteiger charge is -2.36. The summed E-state index contributed by atoms with van der Waals surface area (Å²) in [5.41, 5.74) is 3.23. The largest absolute Gasteiger partial charge is 0.497 e. The van der Waals surface area contributed by atoms with Crippen LogP contribution in [0.5, 0.6) is 5.75 Å². The van der Waals surface area contributed by atoms with E-state index < -0.39 is 0 Å². The predicted octanol–water partition coefficient (Wildman–Crippen LogP) is 4.12. The van der Waals surface area contributed by atoms with E-state index >= 15 is 0 Å². The van der Waals surface area contributed by atoms with Crippen molar-refractivity contribution in [2.45, 2.75) is 20.4 Å². The van der Waals surface area contributed by atoms with Crippen molar-refractivity contribution in [1.29, 1.82) is 0 Å². The number of ether oxygens (including phenoxy) is 1. The first-order valence-electron chi connectivity index (χ1n) is 12.2. The molecule has 1 aliphatic rings. The van der Waals surface area contributed by atoms with E-state index in [2.05, 4.69) is 30.9 Å². The molecule has 4 aromatic rings. The fourth-order valence-corrected chi connectivity index (χ4v) is 5.15. The molecule has 0 saturated carbocycles. The number of para-hydroxylation sites is 1. The molecule has 1 saturated heterocycles. The normalized spacial score (nSPS) is 14.3. The molecule has 2 aromatic carbocycles. The molecule has 1 fully saturated rings. The van der Waals surface area contributed by atoms with Crippen molar-refractivity contribution >= 4 is 33.4 Å². The third kappa shape index (κ3) is 4.05. The second kappa shape index (κ2) is 9.13. The number of piperazine rings is 1. The first-order valence-corrected chi connectivity index (χ1v) is 12.2. The summed E-state index contributed by atoms with van der Waals surface area (Å²) in [7, 11) is 3.57. The highest BCUT2D eigenvalue weighted by atomic mass is 16.5. The molecular formula is C28H32N4O3. The number of hydrogen-bond donors (Lipinski definition) is 0. The molecular weight excluding hydrogens is 440 g/mol. The molecule has 0 atom stereocenters. The molecule has 0 aliphatic carbocycles. The van der Waals surface area contributed by atoms with E-state index in [1.54, 1.807) is 17.9 Å². The lowest BCUT2D eigenvalue weighted by molar-refractivity contribution is 0.0748. The number of pyridine rings is 1. The highest BCUT2D eigenvalue weighted by molar-refractivity contribution is 6.17. The molecule has 182 valence electrons. The summed E-state index contributed by atoms with van der Waals surface area (Å²) in [6.45, 7) is 7.49. The van der Waals surface area contributed by atoms with Gasteiger partial charge in [-0.1, -0.05) is 32.0 Å². The van der Waals surface area contributed by atoms with Gasteiger partial charge in [0, 0.05) is 67.9 Å². The second-order valence-corrected chi connectivity index (χ2v) is 9.67. The zero-order valence-corrected chi connectivity index (χ0v) is 20.8. The Balaban J connectivity index is 1.51. The van der Waals surface area contributed by atoms with Crippen LogP contribution in [-0.2, 0) is 13.6 Å². The maximum absolute atomic E-state index is 13.9. The number of aryl methyl sites for hydroxylation is 1. The molecule has 1 aliphatic heterocycles. The average Bonchev–Trinajstić information content (AvgIpc) is 3.18. The highest BCUT2D eigenvalue weighted by Crippen LogP contribution is 2.30. The molecule has 35 heavy (non-hydrogen) atoms. The summed E-state index contributed by atoms with van der Waals surface area (Å²) in [5, 5.41) is 1.70. The summed E-state index contributed by atoms with van der Waals surface area (Å²) in [4.78, 5) is 31.6. The molecule has 3 heterocycles. The van der Waals surface area contributed by atoms with E-state index in [1.165, 1.54) is 0 Å². The van der Waals surface area contributed by atoms with Gasteiger partial charge in [-0.15, -0.1) is 0 Å². The SMILES string of the molecule is COc1ccc(N2CCN(C(=O)c3cn(CC(C)C)c(=O)c4c3c3ccccc3n4C)CC2)cc1. The zero-order valence-electron chi connectivity index (χ0n) is 20.8. The van der Waals surface area contributed by atoms with E-state index in [4.69, 9.17) is 4.74 Å². The van der Waals surface area contributed by atoms with Gasteiger partial charge in [-0.25, -0.2) is 0 Å². The summed E-state index contributed by atoms with van der Waals surface area (Å²) in [6, 6.07) is 16.0. The Kier molecular flexibility index (Phi) is 6.01. The van der Waals surface area contributed by atoms with Crippen molar-refractivity contribution in [3.05, 3.63) is 70.6 Å². The molecule has 0 bridgehead atoms. The number of aromatic nitrogens is 2. The van der Waals surface area contributed by atoms with Gasteiger partial charge in [0.25, 0.3) is 11.5 Å². The fourth-order valence-electron chi connectivity index (χ4n) is 5.15. The van der Waals surface area contributed by atoms with Gasteiger partial charge >= 0.3 is 0 Å². The van der Waals surface area contributed by atoms with Crippen LogP contribution in [0.25, 0.3) is 21.8 Å². The van der Waals surface area contributed by atoms with Crippen LogP contribution in [0.2, 0.25) is 0 Å². The molecule has 7 heteroatoms. The second-order valence-electron chi connectivity index (χ2n) is 9.67. The van der Waals surface area contributed by atoms with Crippen molar-refractivity contribution in [1.82, 2.24) is 14.0 Å². The Morgan fingerprint density at radius 2 is 1.69 bits per heavy atom. The Labute approximate surface area is 205 Å². The molecule has 1 amide bonds. The fraction of sp³-hybridized carbons (Fsp3) is 0.357. The first kappa shape index (κ1) is 23.0. The van der Waals surface area contributed by atoms with Crippen LogP contribution in [0.4, 0.5) is 5.69 Å². The summed E-state index contributed by atoms with van der Waals surface area (Å²) >= 11 is 0. The standard InChI is InChI=1S/C28H32N4O3/c1-19(2)17-32-18-23(25-22-7-5-6-8-24(22)29(3)26(25)28(32)34)27(33)31-15-13-30(14-16-31)20-9-11-21(35-4)12-10-20/h5-12,18-19H,13-17H2,1-4H3. The van der Waals surface area contributed by atoms with Gasteiger partial charge in [0.2, 0.25) is 0 Å². The topological polar surface area (TPSA) is 59.7 Å². The van der Waals surface area contributed by atoms with E-state index in [-0.39, 0.29) is 17.4 Å². The number of fused-ring (bicyclic) bond motifs is 3. The molecule has 5 rings (SSSR count). The summed E-state index contributed by atoms with van der Waals surface area (Å²) in [6.07, 6.45) is 1.79. The number of nitrogens with zero attached hydrogens (tertiary/aromatic N) is 4. The van der Waals surface area contributed by atoms with Crippen LogP contribution in [0.15, 0.2) is 59.5 Å². The van der Waals surface area contributed by atoms with Gasteiger partial charge in [0.1, 0.15) is 11.3 Å². The Bertz CT molecular complexity index is 1440. The number of carbonyl (C=O) groups is 1. The van der Waals surface area contributed by atoms with Gasteiger partial charge < -0.3 is 23.7 Å². The van der Waals surface area contributed by atoms with Crippen molar-refractivity contribution in [3.63, 3.8) is 0 Å². The monoisotopic (exact) mass is 472 g/mol. The summed E-state index contributed by atoms with van der Waals surface area (Å²) in [5.74, 6) is 1.10. The number of carbonyl (C=O) groups excluding carboxylic acids is 1. The van der Waals surface area contributed by atoms with Crippen LogP contribution < -0.4 is 15.2 Å². The van der Waals surface area contributed by atoms with Crippen molar-refractivity contribution in [3.8, 4) is 5.75 Å². The van der Waals surface area contributed by atoms with E-state index in [9.17, 15) is 9.59 Å². The quantitative estimate of drug-likeness (QED) is 0.438. The molecule has 7 nitrogen and oxygen atoms in total. The molecule has 2 aromatic heterocycles. The first-order chi connectivity index (χ1) is 16.9. The van der Waals surface area contributed by atoms with Crippen molar-refractivity contribution in [2.75, 3.05) is 38.2 Å². The molecule has 0 radical (unpaired) electrons. The summed E-state index contributed by atoms with van der Waals surface area (Å²) < 4.78 is 8.91. The average molecular weight is 473 g/mol. The minimum absolute atomic E-state index is 0.0155. The minimum atomic E-state index is -0.0479.